The lowest BCUT2D eigenvalue weighted by atomic mass is 10.0. The zero-order chi connectivity index (χ0) is 27.6. The molecule has 0 saturated carbocycles. The third-order valence-electron chi connectivity index (χ3n) is 6.67. The second kappa shape index (κ2) is 10.9. The van der Waals surface area contributed by atoms with Crippen LogP contribution in [0.5, 0.6) is 0 Å². The monoisotopic (exact) mass is 527 g/mol. The summed E-state index contributed by atoms with van der Waals surface area (Å²) < 4.78 is 7.73. The van der Waals surface area contributed by atoms with Gasteiger partial charge in [0.15, 0.2) is 17.0 Å². The third kappa shape index (κ3) is 6.30. The van der Waals surface area contributed by atoms with Crippen LogP contribution < -0.4 is 15.5 Å². The largest absolute Gasteiger partial charge is 0.444 e. The highest BCUT2D eigenvalue weighted by molar-refractivity contribution is 5.84. The Morgan fingerprint density at radius 1 is 1.05 bits per heavy atom. The van der Waals surface area contributed by atoms with Crippen LogP contribution in [-0.2, 0) is 11.3 Å². The van der Waals surface area contributed by atoms with Crippen molar-refractivity contribution < 1.29 is 9.53 Å². The molecule has 9 heteroatoms. The number of amides is 1. The summed E-state index contributed by atoms with van der Waals surface area (Å²) in [6, 6.07) is 19.1. The first-order chi connectivity index (χ1) is 18.7. The Morgan fingerprint density at radius 3 is 2.46 bits per heavy atom. The van der Waals surface area contributed by atoms with Gasteiger partial charge >= 0.3 is 6.09 Å². The summed E-state index contributed by atoms with van der Waals surface area (Å²) in [5.74, 6) is 1.30. The van der Waals surface area contributed by atoms with Crippen LogP contribution in [-0.4, -0.2) is 50.3 Å². The smallest absolute Gasteiger partial charge is 0.407 e. The number of anilines is 2. The van der Waals surface area contributed by atoms with Crippen molar-refractivity contribution >= 4 is 29.0 Å². The second-order valence-electron chi connectivity index (χ2n) is 11.3. The number of carbonyl (C=O) groups excluding carboxylic acids is 1. The Hall–Kier alpha value is -4.14. The lowest BCUT2D eigenvalue weighted by Crippen LogP contribution is -2.42. The molecule has 1 amide bonds. The topological polar surface area (TPSA) is 97.2 Å². The van der Waals surface area contributed by atoms with E-state index in [0.717, 1.165) is 23.1 Å². The number of fused-ring (bicyclic) bond motifs is 1. The minimum atomic E-state index is -0.399. The molecule has 1 aliphatic heterocycles. The lowest BCUT2D eigenvalue weighted by molar-refractivity contribution is 0.101. The highest BCUT2D eigenvalue weighted by Gasteiger charge is 2.29. The van der Waals surface area contributed by atoms with Gasteiger partial charge < -0.3 is 24.8 Å². The van der Waals surface area contributed by atoms with E-state index in [9.17, 15) is 4.79 Å². The van der Waals surface area contributed by atoms with Gasteiger partial charge in [0.2, 0.25) is 5.95 Å². The van der Waals surface area contributed by atoms with Gasteiger partial charge in [-0.25, -0.2) is 9.78 Å². The van der Waals surface area contributed by atoms with Crippen LogP contribution in [0.25, 0.3) is 22.3 Å². The van der Waals surface area contributed by atoms with E-state index in [1.54, 1.807) is 0 Å². The number of carbonyl (C=O) groups is 1. The maximum atomic E-state index is 12.3. The summed E-state index contributed by atoms with van der Waals surface area (Å²) in [5.41, 5.74) is 4.70. The van der Waals surface area contributed by atoms with Crippen molar-refractivity contribution in [3.05, 3.63) is 66.5 Å². The quantitative estimate of drug-likeness (QED) is 0.314. The summed E-state index contributed by atoms with van der Waals surface area (Å²) in [6.45, 7) is 11.9. The first kappa shape index (κ1) is 26.5. The number of hydrogen-bond donors (Lipinski definition) is 2. The van der Waals surface area contributed by atoms with Crippen molar-refractivity contribution in [1.29, 1.82) is 0 Å². The fraction of sp³-hybridized carbons (Fsp3) is 0.400. The van der Waals surface area contributed by atoms with E-state index in [1.165, 1.54) is 11.1 Å². The molecule has 204 valence electrons. The van der Waals surface area contributed by atoms with Gasteiger partial charge in [-0.05, 0) is 51.3 Å². The van der Waals surface area contributed by atoms with Gasteiger partial charge in [0.1, 0.15) is 6.10 Å². The minimum Gasteiger partial charge on any atom is -0.444 e. The second-order valence-corrected chi connectivity index (χ2v) is 11.3. The van der Waals surface area contributed by atoms with E-state index in [0.29, 0.717) is 31.4 Å². The van der Waals surface area contributed by atoms with E-state index in [-0.39, 0.29) is 17.7 Å². The van der Waals surface area contributed by atoms with Crippen LogP contribution in [0.2, 0.25) is 0 Å². The van der Waals surface area contributed by atoms with Gasteiger partial charge in [-0.3, -0.25) is 0 Å². The first-order valence-corrected chi connectivity index (χ1v) is 13.5. The van der Waals surface area contributed by atoms with Crippen molar-refractivity contribution in [2.24, 2.45) is 0 Å². The fourth-order valence-electron chi connectivity index (χ4n) is 4.67. The molecule has 0 spiro atoms. The average molecular weight is 528 g/mol. The summed E-state index contributed by atoms with van der Waals surface area (Å²) >= 11 is 0. The number of alkyl carbamates (subject to hydrolysis) is 1. The molecule has 39 heavy (non-hydrogen) atoms. The molecule has 0 unspecified atom stereocenters. The summed E-state index contributed by atoms with van der Waals surface area (Å²) in [6.07, 6.45) is 1.92. The van der Waals surface area contributed by atoms with E-state index in [2.05, 4.69) is 75.3 Å². The number of nitrogens with one attached hydrogen (secondary N) is 2. The molecule has 0 aliphatic carbocycles. The predicted molar refractivity (Wildman–Crippen MR) is 155 cm³/mol. The molecule has 2 aromatic heterocycles. The van der Waals surface area contributed by atoms with E-state index < -0.39 is 6.09 Å². The van der Waals surface area contributed by atoms with Gasteiger partial charge in [0.05, 0.1) is 12.9 Å². The van der Waals surface area contributed by atoms with Gasteiger partial charge in [0.25, 0.3) is 0 Å². The number of rotatable bonds is 7. The molecule has 1 aliphatic rings. The van der Waals surface area contributed by atoms with E-state index >= 15 is 0 Å². The van der Waals surface area contributed by atoms with Crippen molar-refractivity contribution in [2.45, 2.75) is 65.3 Å². The highest BCUT2D eigenvalue weighted by Crippen LogP contribution is 2.28. The number of aromatic nitrogens is 4. The van der Waals surface area contributed by atoms with Gasteiger partial charge in [-0.15, -0.1) is 0 Å². The summed E-state index contributed by atoms with van der Waals surface area (Å²) in [7, 11) is 0. The molecule has 0 radical (unpaired) electrons. The molecular formula is C30H37N7O2. The zero-order valence-electron chi connectivity index (χ0n) is 23.3. The van der Waals surface area contributed by atoms with E-state index in [4.69, 9.17) is 14.7 Å². The molecule has 5 rings (SSSR count). The number of ether oxygens (including phenoxy) is 1. The molecule has 0 bridgehead atoms. The van der Waals surface area contributed by atoms with Crippen LogP contribution >= 0.6 is 0 Å². The van der Waals surface area contributed by atoms with Crippen molar-refractivity contribution in [3.63, 3.8) is 0 Å². The summed E-state index contributed by atoms with van der Waals surface area (Å²) in [5, 5.41) is 6.36. The number of benzene rings is 2. The highest BCUT2D eigenvalue weighted by atomic mass is 16.6. The molecule has 2 N–H and O–H groups in total. The molecule has 9 nitrogen and oxygen atoms in total. The van der Waals surface area contributed by atoms with Gasteiger partial charge in [-0.1, -0.05) is 54.6 Å². The molecule has 1 fully saturated rings. The minimum absolute atomic E-state index is 0.201. The predicted octanol–water partition coefficient (Wildman–Crippen LogP) is 5.79. The van der Waals surface area contributed by atoms with Crippen molar-refractivity contribution in [2.75, 3.05) is 23.3 Å². The molecule has 1 atom stereocenters. The lowest BCUT2D eigenvalue weighted by Gasteiger charge is -2.22. The normalized spacial score (nSPS) is 15.6. The maximum absolute atomic E-state index is 12.3. The van der Waals surface area contributed by atoms with Crippen molar-refractivity contribution in [1.82, 2.24) is 24.8 Å². The Morgan fingerprint density at radius 2 is 1.77 bits per heavy atom. The van der Waals surface area contributed by atoms with Gasteiger partial charge in [-0.2, -0.15) is 9.97 Å². The molecule has 3 heterocycles. The fourth-order valence-corrected chi connectivity index (χ4v) is 4.67. The third-order valence-corrected chi connectivity index (χ3v) is 6.67. The summed E-state index contributed by atoms with van der Waals surface area (Å²) in [4.78, 5) is 28.8. The SMILES string of the molecule is CC(C)n1cnc2c(NCc3ccc(-c4ccccc4)cc3)nc(N3CC[C@@H](OC(=O)NC(C)(C)C)C3)nc21. The Labute approximate surface area is 229 Å². The Balaban J connectivity index is 1.34. The number of imidazole rings is 1. The van der Waals surface area contributed by atoms with Crippen LogP contribution in [0.4, 0.5) is 16.6 Å². The average Bonchev–Trinajstić information content (AvgIpc) is 3.54. The number of hydrogen-bond acceptors (Lipinski definition) is 7. The Kier molecular flexibility index (Phi) is 7.41. The van der Waals surface area contributed by atoms with Crippen LogP contribution in [0, 0.1) is 0 Å². The van der Waals surface area contributed by atoms with Crippen molar-refractivity contribution in [3.8, 4) is 11.1 Å². The van der Waals surface area contributed by atoms with Gasteiger partial charge in [0, 0.05) is 31.1 Å². The Bertz CT molecular complexity index is 1430. The van der Waals surface area contributed by atoms with Crippen LogP contribution in [0.1, 0.15) is 52.6 Å². The van der Waals surface area contributed by atoms with E-state index in [1.807, 2.05) is 45.3 Å². The van der Waals surface area contributed by atoms with Crippen LogP contribution in [0.3, 0.4) is 0 Å². The number of nitrogens with zero attached hydrogens (tertiary/aromatic N) is 5. The molecule has 4 aromatic rings. The maximum Gasteiger partial charge on any atom is 0.407 e. The molecule has 2 aromatic carbocycles. The first-order valence-electron chi connectivity index (χ1n) is 13.5. The standard InChI is InChI=1S/C30H37N7O2/c1-20(2)37-19-32-25-26(31-17-21-11-13-23(14-12-21)22-9-7-6-8-10-22)33-28(34-27(25)37)36-16-15-24(18-36)39-29(38)35-30(3,4)5/h6-14,19-20,24H,15-18H2,1-5H3,(H,35,38)(H,31,33,34)/t24-/m1/s1. The molecule has 1 saturated heterocycles. The zero-order valence-corrected chi connectivity index (χ0v) is 23.3. The molecular weight excluding hydrogens is 490 g/mol. The van der Waals surface area contributed by atoms with Crippen LogP contribution in [0.15, 0.2) is 60.9 Å².